The summed E-state index contributed by atoms with van der Waals surface area (Å²) in [4.78, 5) is 0. The summed E-state index contributed by atoms with van der Waals surface area (Å²) in [5.74, 6) is -0.0275. The van der Waals surface area contributed by atoms with E-state index in [0.717, 1.165) is 0 Å². The van der Waals surface area contributed by atoms with Crippen molar-refractivity contribution in [3.63, 3.8) is 0 Å². The number of halogens is 3. The van der Waals surface area contributed by atoms with E-state index in [9.17, 15) is 13.2 Å². The predicted molar refractivity (Wildman–Crippen MR) is 69.8 cm³/mol. The molecule has 0 radical (unpaired) electrons. The molecule has 0 aliphatic carbocycles. The Kier molecular flexibility index (Phi) is 4.03. The fraction of sp³-hybridized carbons (Fsp3) is 0.133. The van der Waals surface area contributed by atoms with Gasteiger partial charge in [-0.05, 0) is 24.3 Å². The van der Waals surface area contributed by atoms with Crippen molar-refractivity contribution in [2.75, 3.05) is 7.11 Å². The molecule has 0 saturated carbocycles. The van der Waals surface area contributed by atoms with Crippen molar-refractivity contribution in [2.45, 2.75) is 6.36 Å². The summed E-state index contributed by atoms with van der Waals surface area (Å²) in [5, 5.41) is 8.85. The molecule has 6 heteroatoms. The molecule has 0 bridgehead atoms. The Morgan fingerprint density at radius 2 is 1.67 bits per heavy atom. The smallest absolute Gasteiger partial charge is 0.496 e. The molecule has 2 rings (SSSR count). The van der Waals surface area contributed by atoms with Gasteiger partial charge in [-0.15, -0.1) is 13.2 Å². The number of nitriles is 1. The molecule has 0 aliphatic heterocycles. The van der Waals surface area contributed by atoms with Crippen molar-refractivity contribution >= 4 is 0 Å². The van der Waals surface area contributed by atoms with E-state index in [1.54, 1.807) is 6.07 Å². The largest absolute Gasteiger partial charge is 0.573 e. The van der Waals surface area contributed by atoms with Gasteiger partial charge in [0, 0.05) is 11.1 Å². The summed E-state index contributed by atoms with van der Waals surface area (Å²) in [6, 6.07) is 12.2. The number of nitrogens with zero attached hydrogens (tertiary/aromatic N) is 1. The second kappa shape index (κ2) is 5.75. The Balaban J connectivity index is 2.55. The normalized spacial score (nSPS) is 10.8. The summed E-state index contributed by atoms with van der Waals surface area (Å²) in [6.07, 6.45) is -4.78. The molecule has 3 nitrogen and oxygen atoms in total. The fourth-order valence-electron chi connectivity index (χ4n) is 1.89. The van der Waals surface area contributed by atoms with Crippen LogP contribution in [0.5, 0.6) is 11.5 Å². The van der Waals surface area contributed by atoms with Crippen LogP contribution in [0.25, 0.3) is 11.1 Å². The first-order valence-electron chi connectivity index (χ1n) is 5.88. The number of hydrogen-bond acceptors (Lipinski definition) is 3. The first-order valence-corrected chi connectivity index (χ1v) is 5.88. The highest BCUT2D eigenvalue weighted by atomic mass is 19.4. The van der Waals surface area contributed by atoms with Crippen LogP contribution in [0.2, 0.25) is 0 Å². The SMILES string of the molecule is COc1cc(C#N)ccc1-c1ccccc1OC(F)(F)F. The predicted octanol–water partition coefficient (Wildman–Crippen LogP) is 4.13. The van der Waals surface area contributed by atoms with E-state index < -0.39 is 6.36 Å². The molecular formula is C15H10F3NO2. The average molecular weight is 293 g/mol. The summed E-state index contributed by atoms with van der Waals surface area (Å²) in [5.41, 5.74) is 0.998. The third kappa shape index (κ3) is 3.45. The third-order valence-corrected chi connectivity index (χ3v) is 2.73. The highest BCUT2D eigenvalue weighted by molar-refractivity contribution is 5.76. The highest BCUT2D eigenvalue weighted by Crippen LogP contribution is 2.38. The average Bonchev–Trinajstić information content (AvgIpc) is 2.45. The molecule has 21 heavy (non-hydrogen) atoms. The molecular weight excluding hydrogens is 283 g/mol. The maximum Gasteiger partial charge on any atom is 0.573 e. The Morgan fingerprint density at radius 3 is 2.29 bits per heavy atom. The molecule has 0 aliphatic rings. The minimum atomic E-state index is -4.78. The number of alkyl halides is 3. The third-order valence-electron chi connectivity index (χ3n) is 2.73. The highest BCUT2D eigenvalue weighted by Gasteiger charge is 2.32. The first-order chi connectivity index (χ1) is 9.94. The van der Waals surface area contributed by atoms with E-state index in [4.69, 9.17) is 10.00 Å². The lowest BCUT2D eigenvalue weighted by Crippen LogP contribution is -2.17. The topological polar surface area (TPSA) is 42.2 Å². The van der Waals surface area contributed by atoms with Crippen molar-refractivity contribution < 1.29 is 22.6 Å². The van der Waals surface area contributed by atoms with E-state index in [1.807, 2.05) is 6.07 Å². The Labute approximate surface area is 119 Å². The van der Waals surface area contributed by atoms with E-state index in [-0.39, 0.29) is 11.3 Å². The molecule has 0 amide bonds. The zero-order valence-corrected chi connectivity index (χ0v) is 10.9. The maximum absolute atomic E-state index is 12.4. The van der Waals surface area contributed by atoms with Crippen molar-refractivity contribution in [2.24, 2.45) is 0 Å². The van der Waals surface area contributed by atoms with Gasteiger partial charge in [0.05, 0.1) is 18.7 Å². The molecule has 0 heterocycles. The van der Waals surface area contributed by atoms with Gasteiger partial charge < -0.3 is 9.47 Å². The quantitative estimate of drug-likeness (QED) is 0.854. The van der Waals surface area contributed by atoms with Gasteiger partial charge in [0.1, 0.15) is 11.5 Å². The van der Waals surface area contributed by atoms with Crippen LogP contribution in [-0.2, 0) is 0 Å². The number of para-hydroxylation sites is 1. The van der Waals surface area contributed by atoms with Crippen LogP contribution >= 0.6 is 0 Å². The zero-order valence-electron chi connectivity index (χ0n) is 10.9. The van der Waals surface area contributed by atoms with Gasteiger partial charge in [-0.2, -0.15) is 5.26 Å². The van der Waals surface area contributed by atoms with Crippen LogP contribution in [-0.4, -0.2) is 13.5 Å². The summed E-state index contributed by atoms with van der Waals surface area (Å²) in [7, 11) is 1.38. The second-order valence-electron chi connectivity index (χ2n) is 4.07. The van der Waals surface area contributed by atoms with Crippen molar-refractivity contribution in [1.82, 2.24) is 0 Å². The summed E-state index contributed by atoms with van der Waals surface area (Å²) in [6.45, 7) is 0. The molecule has 0 spiro atoms. The van der Waals surface area contributed by atoms with E-state index in [0.29, 0.717) is 16.9 Å². The van der Waals surface area contributed by atoms with E-state index >= 15 is 0 Å². The van der Waals surface area contributed by atoms with Crippen molar-refractivity contribution in [3.8, 4) is 28.7 Å². The van der Waals surface area contributed by atoms with Crippen LogP contribution in [0.4, 0.5) is 13.2 Å². The van der Waals surface area contributed by atoms with Gasteiger partial charge >= 0.3 is 6.36 Å². The molecule has 2 aromatic carbocycles. The Morgan fingerprint density at radius 1 is 1.00 bits per heavy atom. The molecule has 0 N–H and O–H groups in total. The molecule has 2 aromatic rings. The van der Waals surface area contributed by atoms with Gasteiger partial charge in [0.25, 0.3) is 0 Å². The van der Waals surface area contributed by atoms with E-state index in [1.165, 1.54) is 43.5 Å². The molecule has 108 valence electrons. The van der Waals surface area contributed by atoms with Crippen LogP contribution in [0, 0.1) is 11.3 Å². The van der Waals surface area contributed by atoms with Gasteiger partial charge in [-0.3, -0.25) is 0 Å². The van der Waals surface area contributed by atoms with Crippen molar-refractivity contribution in [1.29, 1.82) is 5.26 Å². The Hall–Kier alpha value is -2.68. The van der Waals surface area contributed by atoms with Crippen molar-refractivity contribution in [3.05, 3.63) is 48.0 Å². The lowest BCUT2D eigenvalue weighted by molar-refractivity contribution is -0.274. The van der Waals surface area contributed by atoms with Gasteiger partial charge in [0.15, 0.2) is 0 Å². The number of rotatable bonds is 3. The van der Waals surface area contributed by atoms with Crippen LogP contribution in [0.1, 0.15) is 5.56 Å². The number of benzene rings is 2. The molecule has 0 atom stereocenters. The minimum absolute atomic E-state index is 0.233. The Bertz CT molecular complexity index is 690. The molecule has 0 unspecified atom stereocenters. The lowest BCUT2D eigenvalue weighted by atomic mass is 10.0. The van der Waals surface area contributed by atoms with Gasteiger partial charge in [0.2, 0.25) is 0 Å². The lowest BCUT2D eigenvalue weighted by Gasteiger charge is -2.15. The fourth-order valence-corrected chi connectivity index (χ4v) is 1.89. The number of methoxy groups -OCH3 is 1. The molecule has 0 aromatic heterocycles. The van der Waals surface area contributed by atoms with Crippen LogP contribution < -0.4 is 9.47 Å². The van der Waals surface area contributed by atoms with Crippen LogP contribution in [0.15, 0.2) is 42.5 Å². The number of hydrogen-bond donors (Lipinski definition) is 0. The molecule has 0 saturated heterocycles. The molecule has 0 fully saturated rings. The van der Waals surface area contributed by atoms with Gasteiger partial charge in [-0.25, -0.2) is 0 Å². The standard InChI is InChI=1S/C15H10F3NO2/c1-20-14-8-10(9-19)6-7-12(14)11-4-2-3-5-13(11)21-15(16,17)18/h2-8H,1H3. The minimum Gasteiger partial charge on any atom is -0.496 e. The van der Waals surface area contributed by atoms with Crippen LogP contribution in [0.3, 0.4) is 0 Å². The van der Waals surface area contributed by atoms with Gasteiger partial charge in [-0.1, -0.05) is 18.2 Å². The summed E-state index contributed by atoms with van der Waals surface area (Å²) >= 11 is 0. The summed E-state index contributed by atoms with van der Waals surface area (Å²) < 4.78 is 46.5. The number of ether oxygens (including phenoxy) is 2. The zero-order chi connectivity index (χ0) is 15.5. The second-order valence-corrected chi connectivity index (χ2v) is 4.07. The van der Waals surface area contributed by atoms with E-state index in [2.05, 4.69) is 4.74 Å². The first kappa shape index (κ1) is 14.7. The maximum atomic E-state index is 12.4. The monoisotopic (exact) mass is 293 g/mol.